The summed E-state index contributed by atoms with van der Waals surface area (Å²) < 4.78 is 0. The van der Waals surface area contributed by atoms with Crippen LogP contribution in [0.4, 0.5) is 4.79 Å². The van der Waals surface area contributed by atoms with Crippen molar-refractivity contribution < 1.29 is 9.59 Å². The molecule has 0 saturated heterocycles. The van der Waals surface area contributed by atoms with Crippen molar-refractivity contribution in [2.45, 2.75) is 43.8 Å². The van der Waals surface area contributed by atoms with Gasteiger partial charge in [-0.3, -0.25) is 15.2 Å². The van der Waals surface area contributed by atoms with Crippen LogP contribution in [-0.4, -0.2) is 38.9 Å². The van der Waals surface area contributed by atoms with E-state index in [9.17, 15) is 9.59 Å². The Hall–Kier alpha value is -1.57. The maximum Gasteiger partial charge on any atom is 0.321 e. The van der Waals surface area contributed by atoms with Gasteiger partial charge in [-0.15, -0.1) is 0 Å². The van der Waals surface area contributed by atoms with Crippen LogP contribution in [0.15, 0.2) is 11.5 Å². The number of rotatable bonds is 4. The van der Waals surface area contributed by atoms with Crippen molar-refractivity contribution in [1.29, 1.82) is 0 Å². The van der Waals surface area contributed by atoms with Gasteiger partial charge in [-0.25, -0.2) is 9.78 Å². The van der Waals surface area contributed by atoms with Crippen LogP contribution in [0.5, 0.6) is 0 Å². The van der Waals surface area contributed by atoms with Crippen LogP contribution in [0.2, 0.25) is 0 Å². The Balaban J connectivity index is 1.69. The van der Waals surface area contributed by atoms with E-state index < -0.39 is 6.03 Å². The molecule has 1 saturated carbocycles. The number of carbonyl (C=O) groups excluding carboxylic acids is 2. The second-order valence-corrected chi connectivity index (χ2v) is 5.93. The van der Waals surface area contributed by atoms with E-state index in [0.29, 0.717) is 11.1 Å². The first-order valence-corrected chi connectivity index (χ1v) is 7.72. The summed E-state index contributed by atoms with van der Waals surface area (Å²) >= 11 is 1.20. The van der Waals surface area contributed by atoms with Crippen LogP contribution in [-0.2, 0) is 4.79 Å². The number of hydrogen-bond donors (Lipinski definition) is 3. The highest BCUT2D eigenvalue weighted by Gasteiger charge is 2.23. The number of nitrogens with zero attached hydrogens (tertiary/aromatic N) is 2. The Labute approximate surface area is 121 Å². The molecule has 1 aromatic rings. The van der Waals surface area contributed by atoms with E-state index in [2.05, 4.69) is 32.7 Å². The predicted octanol–water partition coefficient (Wildman–Crippen LogP) is 1.30. The fraction of sp³-hybridized carbons (Fsp3) is 0.667. The van der Waals surface area contributed by atoms with Crippen molar-refractivity contribution in [3.05, 3.63) is 6.33 Å². The van der Waals surface area contributed by atoms with E-state index in [1.807, 2.05) is 0 Å². The van der Waals surface area contributed by atoms with Gasteiger partial charge in [-0.05, 0) is 18.8 Å². The maximum atomic E-state index is 11.7. The molecule has 0 radical (unpaired) electrons. The van der Waals surface area contributed by atoms with Crippen molar-refractivity contribution >= 4 is 23.7 Å². The topological polar surface area (TPSA) is 99.8 Å². The summed E-state index contributed by atoms with van der Waals surface area (Å²) in [5, 5.41) is 12.1. The Morgan fingerprint density at radius 2 is 2.25 bits per heavy atom. The van der Waals surface area contributed by atoms with Crippen molar-refractivity contribution in [3.8, 4) is 0 Å². The summed E-state index contributed by atoms with van der Waals surface area (Å²) in [4.78, 5) is 27.2. The van der Waals surface area contributed by atoms with Gasteiger partial charge in [0.25, 0.3) is 0 Å². The third-order valence-electron chi connectivity index (χ3n) is 3.41. The number of hydrogen-bond acceptors (Lipinski definition) is 5. The molecule has 0 spiro atoms. The summed E-state index contributed by atoms with van der Waals surface area (Å²) in [5.74, 6) is 0.253. The average Bonchev–Trinajstić information content (AvgIpc) is 2.92. The molecule has 0 unspecified atom stereocenters. The molecule has 7 nitrogen and oxygen atoms in total. The molecule has 3 amide bonds. The second-order valence-electron chi connectivity index (χ2n) is 4.97. The molecule has 1 aliphatic carbocycles. The molecule has 110 valence electrons. The van der Waals surface area contributed by atoms with Gasteiger partial charge in [0.1, 0.15) is 6.33 Å². The summed E-state index contributed by atoms with van der Waals surface area (Å²) in [6.07, 6.45) is 5.82. The first-order valence-electron chi connectivity index (χ1n) is 6.73. The van der Waals surface area contributed by atoms with E-state index in [4.69, 9.17) is 0 Å². The summed E-state index contributed by atoms with van der Waals surface area (Å²) in [6.45, 7) is 2.13. The normalized spacial score (nSPS) is 22.2. The first-order chi connectivity index (χ1) is 9.65. The number of H-pyrrole nitrogens is 1. The Bertz CT molecular complexity index is 451. The zero-order chi connectivity index (χ0) is 14.4. The lowest BCUT2D eigenvalue weighted by molar-refractivity contribution is -0.117. The highest BCUT2D eigenvalue weighted by Crippen LogP contribution is 2.23. The number of carbonyl (C=O) groups is 2. The monoisotopic (exact) mass is 297 g/mol. The highest BCUT2D eigenvalue weighted by molar-refractivity contribution is 7.99. The van der Waals surface area contributed by atoms with Gasteiger partial charge in [-0.1, -0.05) is 31.5 Å². The predicted molar refractivity (Wildman–Crippen MR) is 75.2 cm³/mol. The molecular formula is C12H19N5O2S. The number of thioether (sulfide) groups is 1. The minimum absolute atomic E-state index is 0.128. The summed E-state index contributed by atoms with van der Waals surface area (Å²) in [5.41, 5.74) is 0. The number of imide groups is 1. The fourth-order valence-electron chi connectivity index (χ4n) is 2.30. The van der Waals surface area contributed by atoms with Gasteiger partial charge in [0.05, 0.1) is 5.75 Å². The number of amides is 3. The molecule has 8 heteroatoms. The largest absolute Gasteiger partial charge is 0.335 e. The lowest BCUT2D eigenvalue weighted by Crippen LogP contribution is -2.48. The highest BCUT2D eigenvalue weighted by atomic mass is 32.2. The maximum absolute atomic E-state index is 11.7. The average molecular weight is 297 g/mol. The van der Waals surface area contributed by atoms with Gasteiger partial charge in [-0.2, -0.15) is 5.10 Å². The van der Waals surface area contributed by atoms with Crippen LogP contribution in [0.25, 0.3) is 0 Å². The molecule has 3 N–H and O–H groups in total. The molecule has 0 aromatic carbocycles. The third-order valence-corrected chi connectivity index (χ3v) is 4.29. The van der Waals surface area contributed by atoms with Crippen LogP contribution in [0, 0.1) is 5.92 Å². The van der Waals surface area contributed by atoms with Gasteiger partial charge >= 0.3 is 6.03 Å². The van der Waals surface area contributed by atoms with Crippen molar-refractivity contribution in [2.24, 2.45) is 5.92 Å². The minimum Gasteiger partial charge on any atom is -0.335 e. The van der Waals surface area contributed by atoms with Crippen LogP contribution >= 0.6 is 11.8 Å². The lowest BCUT2D eigenvalue weighted by atomic mass is 9.86. The van der Waals surface area contributed by atoms with Gasteiger partial charge in [0, 0.05) is 6.04 Å². The smallest absolute Gasteiger partial charge is 0.321 e. The van der Waals surface area contributed by atoms with E-state index in [-0.39, 0.29) is 17.7 Å². The van der Waals surface area contributed by atoms with E-state index in [0.717, 1.165) is 19.3 Å². The molecule has 1 aromatic heterocycles. The van der Waals surface area contributed by atoms with Crippen LogP contribution in [0.3, 0.4) is 0 Å². The molecule has 2 atom stereocenters. The Morgan fingerprint density at radius 1 is 1.45 bits per heavy atom. The van der Waals surface area contributed by atoms with Crippen LogP contribution < -0.4 is 10.6 Å². The zero-order valence-corrected chi connectivity index (χ0v) is 12.2. The molecule has 1 fully saturated rings. The summed E-state index contributed by atoms with van der Waals surface area (Å²) in [7, 11) is 0. The van der Waals surface area contributed by atoms with Gasteiger partial charge in [0.2, 0.25) is 5.91 Å². The van der Waals surface area contributed by atoms with Gasteiger partial charge < -0.3 is 5.32 Å². The second kappa shape index (κ2) is 7.28. The van der Waals surface area contributed by atoms with Crippen LogP contribution in [0.1, 0.15) is 32.6 Å². The molecular weight excluding hydrogens is 278 g/mol. The van der Waals surface area contributed by atoms with E-state index >= 15 is 0 Å². The Morgan fingerprint density at radius 3 is 2.95 bits per heavy atom. The van der Waals surface area contributed by atoms with Crippen molar-refractivity contribution in [2.75, 3.05) is 5.75 Å². The van der Waals surface area contributed by atoms with Crippen molar-refractivity contribution in [3.63, 3.8) is 0 Å². The molecule has 0 aliphatic heterocycles. The SMILES string of the molecule is C[C@H]1CCCC[C@@H]1NC(=O)NC(=O)CSc1ncn[nH]1. The van der Waals surface area contributed by atoms with Gasteiger partial charge in [0.15, 0.2) is 5.16 Å². The summed E-state index contributed by atoms with van der Waals surface area (Å²) in [6, 6.07) is -0.245. The fourth-order valence-corrected chi connectivity index (χ4v) is 2.87. The van der Waals surface area contributed by atoms with E-state index in [1.54, 1.807) is 0 Å². The molecule has 1 heterocycles. The standard InChI is InChI=1S/C12H19N5O2S/c1-8-4-2-3-5-9(8)15-11(19)16-10(18)6-20-12-13-7-14-17-12/h7-9H,2-6H2,1H3,(H,13,14,17)(H2,15,16,18,19)/t8-,9-/m0/s1. The first kappa shape index (κ1) is 14.8. The van der Waals surface area contributed by atoms with Crippen molar-refractivity contribution in [1.82, 2.24) is 25.8 Å². The number of aromatic amines is 1. The molecule has 2 rings (SSSR count). The molecule has 20 heavy (non-hydrogen) atoms. The molecule has 1 aliphatic rings. The number of nitrogens with one attached hydrogen (secondary N) is 3. The molecule has 0 bridgehead atoms. The quantitative estimate of drug-likeness (QED) is 0.727. The van der Waals surface area contributed by atoms with E-state index in [1.165, 1.54) is 24.5 Å². The zero-order valence-electron chi connectivity index (χ0n) is 11.4. The number of aromatic nitrogens is 3. The minimum atomic E-state index is -0.410. The lowest BCUT2D eigenvalue weighted by Gasteiger charge is -2.29. The number of urea groups is 1. The third kappa shape index (κ3) is 4.52. The Kier molecular flexibility index (Phi) is 5.40.